The third-order valence-corrected chi connectivity index (χ3v) is 2.97. The van der Waals surface area contributed by atoms with Crippen molar-refractivity contribution in [1.29, 1.82) is 0 Å². The van der Waals surface area contributed by atoms with Crippen LogP contribution in [0.15, 0.2) is 12.7 Å². The Hall–Kier alpha value is -0.0431. The van der Waals surface area contributed by atoms with Gasteiger partial charge in [-0.05, 0) is 12.8 Å². The third kappa shape index (κ3) is 9.96. The van der Waals surface area contributed by atoms with Crippen LogP contribution in [-0.2, 0) is 0 Å². The highest BCUT2D eigenvalue weighted by Crippen LogP contribution is 2.05. The second-order valence-electron chi connectivity index (χ2n) is 2.85. The Morgan fingerprint density at radius 1 is 1.18 bits per heavy atom. The summed E-state index contributed by atoms with van der Waals surface area (Å²) in [5, 5.41) is 0. The summed E-state index contributed by atoms with van der Waals surface area (Å²) < 4.78 is 0. The molecule has 0 unspecified atom stereocenters. The number of hydrogen-bond acceptors (Lipinski definition) is 0. The van der Waals surface area contributed by atoms with Crippen molar-refractivity contribution in [1.82, 2.24) is 0 Å². The molecule has 0 saturated heterocycles. The van der Waals surface area contributed by atoms with E-state index in [-0.39, 0.29) is 0 Å². The summed E-state index contributed by atoms with van der Waals surface area (Å²) in [6.45, 7) is 5.98. The van der Waals surface area contributed by atoms with Crippen LogP contribution in [0, 0.1) is 0 Å². The lowest BCUT2D eigenvalue weighted by atomic mass is 10.1. The van der Waals surface area contributed by atoms with Crippen LogP contribution in [0.25, 0.3) is 0 Å². The highest BCUT2D eigenvalue weighted by Gasteiger charge is 1.88. The summed E-state index contributed by atoms with van der Waals surface area (Å²) in [6, 6.07) is 2.84. The zero-order valence-corrected chi connectivity index (χ0v) is 8.73. The van der Waals surface area contributed by atoms with Gasteiger partial charge in [-0.3, -0.25) is 0 Å². The lowest BCUT2D eigenvalue weighted by Crippen LogP contribution is -1.85. The minimum Gasteiger partial charge on any atom is -0.103 e. The van der Waals surface area contributed by atoms with E-state index >= 15 is 0 Å². The van der Waals surface area contributed by atoms with E-state index in [0.717, 1.165) is 0 Å². The van der Waals surface area contributed by atoms with Crippen molar-refractivity contribution in [3.05, 3.63) is 12.7 Å². The Kier molecular flexibility index (Phi) is 9.92. The molecule has 0 aliphatic rings. The third-order valence-electron chi connectivity index (χ3n) is 1.76. The smallest absolute Gasteiger partial charge is 0.0375 e. The Labute approximate surface area is 73.9 Å². The number of allylic oxidation sites excluding steroid dienone is 1. The second kappa shape index (κ2) is 9.96. The maximum absolute atomic E-state index is 3.71. The van der Waals surface area contributed by atoms with Gasteiger partial charge in [0.2, 0.25) is 0 Å². The molecule has 0 rings (SSSR count). The Morgan fingerprint density at radius 3 is 2.55 bits per heavy atom. The molecule has 0 fully saturated rings. The molecular formula is C10H20Si. The van der Waals surface area contributed by atoms with Gasteiger partial charge in [0, 0.05) is 9.52 Å². The summed E-state index contributed by atoms with van der Waals surface area (Å²) in [5.41, 5.74) is 0. The van der Waals surface area contributed by atoms with Gasteiger partial charge in [0.15, 0.2) is 0 Å². The molecule has 0 nitrogen and oxygen atoms in total. The van der Waals surface area contributed by atoms with Gasteiger partial charge in [0.25, 0.3) is 0 Å². The van der Waals surface area contributed by atoms with E-state index in [1.165, 1.54) is 53.7 Å². The Balaban J connectivity index is 2.74. The largest absolute Gasteiger partial charge is 0.103 e. The predicted molar refractivity (Wildman–Crippen MR) is 54.3 cm³/mol. The first kappa shape index (κ1) is 11.0. The number of unbranched alkanes of at least 4 members (excludes halogenated alkanes) is 4. The van der Waals surface area contributed by atoms with E-state index in [2.05, 4.69) is 13.5 Å². The van der Waals surface area contributed by atoms with Crippen LogP contribution in [0.1, 0.15) is 39.0 Å². The molecule has 0 N–H and O–H groups in total. The van der Waals surface area contributed by atoms with Crippen LogP contribution < -0.4 is 0 Å². The normalized spacial score (nSPS) is 9.91. The first-order chi connectivity index (χ1) is 5.41. The molecule has 0 aliphatic carbocycles. The maximum atomic E-state index is 3.71. The lowest BCUT2D eigenvalue weighted by Gasteiger charge is -1.97. The SMILES string of the molecule is C=CCCCCCC[Si]CC. The van der Waals surface area contributed by atoms with Crippen LogP contribution in [-0.4, -0.2) is 9.52 Å². The van der Waals surface area contributed by atoms with Gasteiger partial charge in [0.1, 0.15) is 0 Å². The first-order valence-electron chi connectivity index (χ1n) is 4.73. The van der Waals surface area contributed by atoms with Gasteiger partial charge >= 0.3 is 0 Å². The number of hydrogen-bond donors (Lipinski definition) is 0. The fraction of sp³-hybridized carbons (Fsp3) is 0.800. The molecule has 0 aliphatic heterocycles. The number of rotatable bonds is 8. The van der Waals surface area contributed by atoms with Crippen LogP contribution >= 0.6 is 0 Å². The topological polar surface area (TPSA) is 0 Å². The molecule has 2 radical (unpaired) electrons. The highest BCUT2D eigenvalue weighted by atomic mass is 28.2. The summed E-state index contributed by atoms with van der Waals surface area (Å²) in [7, 11) is 1.21. The minimum absolute atomic E-state index is 1.20. The van der Waals surface area contributed by atoms with Crippen LogP contribution in [0.5, 0.6) is 0 Å². The fourth-order valence-electron chi connectivity index (χ4n) is 1.07. The second-order valence-corrected chi connectivity index (χ2v) is 4.55. The van der Waals surface area contributed by atoms with Gasteiger partial charge in [-0.1, -0.05) is 44.4 Å². The average molecular weight is 168 g/mol. The zero-order valence-electron chi connectivity index (χ0n) is 7.73. The van der Waals surface area contributed by atoms with Crippen molar-refractivity contribution >= 4 is 9.52 Å². The monoisotopic (exact) mass is 168 g/mol. The molecule has 11 heavy (non-hydrogen) atoms. The Morgan fingerprint density at radius 2 is 1.91 bits per heavy atom. The van der Waals surface area contributed by atoms with Crippen LogP contribution in [0.3, 0.4) is 0 Å². The quantitative estimate of drug-likeness (QED) is 0.295. The van der Waals surface area contributed by atoms with Gasteiger partial charge < -0.3 is 0 Å². The van der Waals surface area contributed by atoms with Crippen molar-refractivity contribution in [2.24, 2.45) is 0 Å². The molecule has 0 aromatic rings. The lowest BCUT2D eigenvalue weighted by molar-refractivity contribution is 0.673. The van der Waals surface area contributed by atoms with Gasteiger partial charge in [0.05, 0.1) is 0 Å². The fourth-order valence-corrected chi connectivity index (χ4v) is 1.92. The highest BCUT2D eigenvalue weighted by molar-refractivity contribution is 6.35. The molecule has 64 valence electrons. The van der Waals surface area contributed by atoms with Crippen molar-refractivity contribution in [2.45, 2.75) is 51.1 Å². The maximum Gasteiger partial charge on any atom is 0.0375 e. The summed E-state index contributed by atoms with van der Waals surface area (Å²) >= 11 is 0. The van der Waals surface area contributed by atoms with Crippen molar-refractivity contribution in [2.75, 3.05) is 0 Å². The first-order valence-corrected chi connectivity index (χ1v) is 6.14. The van der Waals surface area contributed by atoms with Crippen molar-refractivity contribution in [3.8, 4) is 0 Å². The van der Waals surface area contributed by atoms with Gasteiger partial charge in [-0.15, -0.1) is 6.58 Å². The van der Waals surface area contributed by atoms with E-state index in [0.29, 0.717) is 0 Å². The molecule has 0 saturated carbocycles. The molecule has 0 spiro atoms. The molecule has 0 heterocycles. The predicted octanol–water partition coefficient (Wildman–Crippen LogP) is 3.68. The summed E-state index contributed by atoms with van der Waals surface area (Å²) in [6.07, 6.45) is 8.85. The zero-order chi connectivity index (χ0) is 8.36. The molecule has 1 heteroatoms. The van der Waals surface area contributed by atoms with Gasteiger partial charge in [-0.2, -0.15) is 0 Å². The Bertz CT molecular complexity index is 78.9. The molecule has 0 aromatic heterocycles. The van der Waals surface area contributed by atoms with Gasteiger partial charge in [-0.25, -0.2) is 0 Å². The minimum atomic E-state index is 1.20. The molecular weight excluding hydrogens is 148 g/mol. The molecule has 0 bridgehead atoms. The average Bonchev–Trinajstić information content (AvgIpc) is 2.03. The van der Waals surface area contributed by atoms with Crippen molar-refractivity contribution < 1.29 is 0 Å². The summed E-state index contributed by atoms with van der Waals surface area (Å²) in [4.78, 5) is 0. The molecule has 0 amide bonds. The van der Waals surface area contributed by atoms with E-state index in [1.807, 2.05) is 6.08 Å². The van der Waals surface area contributed by atoms with E-state index in [9.17, 15) is 0 Å². The summed E-state index contributed by atoms with van der Waals surface area (Å²) in [5.74, 6) is 0. The van der Waals surface area contributed by atoms with Crippen LogP contribution in [0.4, 0.5) is 0 Å². The van der Waals surface area contributed by atoms with Crippen molar-refractivity contribution in [3.63, 3.8) is 0 Å². The molecule has 0 atom stereocenters. The standard InChI is InChI=1S/C10H20Si/c1-3-5-6-7-8-9-10-11-4-2/h3H,1,4-10H2,2H3. The van der Waals surface area contributed by atoms with E-state index < -0.39 is 0 Å². The van der Waals surface area contributed by atoms with Crippen LogP contribution in [0.2, 0.25) is 12.1 Å². The van der Waals surface area contributed by atoms with E-state index in [4.69, 9.17) is 0 Å². The molecule has 0 aromatic carbocycles. The van der Waals surface area contributed by atoms with E-state index in [1.54, 1.807) is 0 Å².